The van der Waals surface area contributed by atoms with Gasteiger partial charge in [0.05, 0.1) is 12.3 Å². The van der Waals surface area contributed by atoms with Gasteiger partial charge in [0.1, 0.15) is 16.7 Å². The van der Waals surface area contributed by atoms with Crippen molar-refractivity contribution in [2.45, 2.75) is 13.5 Å². The summed E-state index contributed by atoms with van der Waals surface area (Å²) in [5.41, 5.74) is 7.27. The van der Waals surface area contributed by atoms with Crippen LogP contribution in [0.3, 0.4) is 0 Å². The molecule has 2 N–H and O–H groups in total. The second kappa shape index (κ2) is 5.42. The Morgan fingerprint density at radius 2 is 2.22 bits per heavy atom. The summed E-state index contributed by atoms with van der Waals surface area (Å²) in [5, 5.41) is 0.578. The van der Waals surface area contributed by atoms with E-state index in [1.165, 1.54) is 0 Å². The maximum Gasteiger partial charge on any atom is 0.141 e. The quantitative estimate of drug-likeness (QED) is 0.925. The highest BCUT2D eigenvalue weighted by molar-refractivity contribution is 6.30. The number of hydrogen-bond acceptors (Lipinski definition) is 3. The van der Waals surface area contributed by atoms with E-state index in [-0.39, 0.29) is 0 Å². The summed E-state index contributed by atoms with van der Waals surface area (Å²) >= 11 is 6.15. The Balaban J connectivity index is 2.45. The molecule has 0 bridgehead atoms. The lowest BCUT2D eigenvalue weighted by atomic mass is 10.2. The lowest BCUT2D eigenvalue weighted by Crippen LogP contribution is -1.97. The molecule has 2 aromatic rings. The molecule has 18 heavy (non-hydrogen) atoms. The first-order valence-electron chi connectivity index (χ1n) is 5.81. The van der Waals surface area contributed by atoms with E-state index in [4.69, 9.17) is 22.1 Å². The number of imidazole rings is 1. The van der Waals surface area contributed by atoms with Crippen molar-refractivity contribution < 1.29 is 4.74 Å². The Morgan fingerprint density at radius 3 is 2.83 bits per heavy atom. The summed E-state index contributed by atoms with van der Waals surface area (Å²) < 4.78 is 7.30. The maximum atomic E-state index is 6.15. The van der Waals surface area contributed by atoms with E-state index in [0.717, 1.165) is 17.1 Å². The zero-order chi connectivity index (χ0) is 13.1. The van der Waals surface area contributed by atoms with Crippen LogP contribution in [0.4, 0.5) is 0 Å². The Morgan fingerprint density at radius 1 is 1.44 bits per heavy atom. The molecule has 4 nitrogen and oxygen atoms in total. The van der Waals surface area contributed by atoms with Crippen LogP contribution >= 0.6 is 11.6 Å². The monoisotopic (exact) mass is 265 g/mol. The van der Waals surface area contributed by atoms with Gasteiger partial charge < -0.3 is 15.0 Å². The van der Waals surface area contributed by atoms with Gasteiger partial charge in [-0.3, -0.25) is 0 Å². The van der Waals surface area contributed by atoms with Gasteiger partial charge in [0.15, 0.2) is 0 Å². The number of hydrogen-bond donors (Lipinski definition) is 1. The molecule has 0 radical (unpaired) electrons. The van der Waals surface area contributed by atoms with E-state index in [1.807, 2.05) is 42.8 Å². The molecule has 0 amide bonds. The van der Waals surface area contributed by atoms with Crippen molar-refractivity contribution in [2.75, 3.05) is 6.61 Å². The normalized spacial score (nSPS) is 10.7. The van der Waals surface area contributed by atoms with Gasteiger partial charge in [-0.05, 0) is 19.1 Å². The van der Waals surface area contributed by atoms with Crippen LogP contribution in [-0.4, -0.2) is 16.2 Å². The molecule has 0 spiro atoms. The fourth-order valence-corrected chi connectivity index (χ4v) is 2.01. The molecule has 0 atom stereocenters. The van der Waals surface area contributed by atoms with E-state index in [9.17, 15) is 0 Å². The smallest absolute Gasteiger partial charge is 0.141 e. The highest BCUT2D eigenvalue weighted by Crippen LogP contribution is 2.27. The molecule has 0 saturated heterocycles. The SMILES string of the molecule is CCOc1cccc(-c2nc(CN)c(Cl)n2C)c1. The largest absolute Gasteiger partial charge is 0.494 e. The number of ether oxygens (including phenoxy) is 1. The third kappa shape index (κ3) is 2.35. The molecule has 1 aromatic carbocycles. The standard InChI is InChI=1S/C13H16ClN3O/c1-3-18-10-6-4-5-9(7-10)13-16-11(8-15)12(14)17(13)2/h4-7H,3,8,15H2,1-2H3. The van der Waals surface area contributed by atoms with E-state index < -0.39 is 0 Å². The van der Waals surface area contributed by atoms with Gasteiger partial charge >= 0.3 is 0 Å². The second-order valence-corrected chi connectivity index (χ2v) is 4.25. The maximum absolute atomic E-state index is 6.15. The van der Waals surface area contributed by atoms with Gasteiger partial charge in [0.25, 0.3) is 0 Å². The van der Waals surface area contributed by atoms with Crippen LogP contribution in [0.5, 0.6) is 5.75 Å². The van der Waals surface area contributed by atoms with Crippen LogP contribution in [-0.2, 0) is 13.6 Å². The van der Waals surface area contributed by atoms with Crippen molar-refractivity contribution in [2.24, 2.45) is 12.8 Å². The molecule has 1 aromatic heterocycles. The first-order chi connectivity index (χ1) is 8.67. The number of halogens is 1. The van der Waals surface area contributed by atoms with Crippen LogP contribution in [0.1, 0.15) is 12.6 Å². The van der Waals surface area contributed by atoms with Gasteiger partial charge in [-0.15, -0.1) is 0 Å². The highest BCUT2D eigenvalue weighted by atomic mass is 35.5. The average molecular weight is 266 g/mol. The third-order valence-corrected chi connectivity index (χ3v) is 3.16. The van der Waals surface area contributed by atoms with Gasteiger partial charge in [-0.2, -0.15) is 0 Å². The van der Waals surface area contributed by atoms with E-state index in [1.54, 1.807) is 0 Å². The Kier molecular flexibility index (Phi) is 3.89. The van der Waals surface area contributed by atoms with Crippen molar-refractivity contribution in [3.05, 3.63) is 35.1 Å². The lowest BCUT2D eigenvalue weighted by Gasteiger charge is -2.06. The molecule has 0 unspecified atom stereocenters. The molecule has 0 saturated carbocycles. The van der Waals surface area contributed by atoms with Gasteiger partial charge in [-0.25, -0.2) is 4.98 Å². The van der Waals surface area contributed by atoms with Crippen molar-refractivity contribution >= 4 is 11.6 Å². The van der Waals surface area contributed by atoms with Crippen LogP contribution in [0.15, 0.2) is 24.3 Å². The van der Waals surface area contributed by atoms with Crippen LogP contribution in [0, 0.1) is 0 Å². The number of nitrogens with two attached hydrogens (primary N) is 1. The molecule has 1 heterocycles. The van der Waals surface area contributed by atoms with E-state index >= 15 is 0 Å². The summed E-state index contributed by atoms with van der Waals surface area (Å²) in [6, 6.07) is 7.77. The predicted octanol–water partition coefficient (Wildman–Crippen LogP) is 2.60. The summed E-state index contributed by atoms with van der Waals surface area (Å²) in [4.78, 5) is 4.45. The molecule has 2 rings (SSSR count). The van der Waals surface area contributed by atoms with Gasteiger partial charge in [0, 0.05) is 19.2 Å². The fourth-order valence-electron chi connectivity index (χ4n) is 1.82. The molecular formula is C13H16ClN3O. The molecule has 96 valence electrons. The van der Waals surface area contributed by atoms with E-state index in [2.05, 4.69) is 4.98 Å². The minimum Gasteiger partial charge on any atom is -0.494 e. The minimum absolute atomic E-state index is 0.331. The van der Waals surface area contributed by atoms with Crippen molar-refractivity contribution in [3.63, 3.8) is 0 Å². The Bertz CT molecular complexity index is 551. The summed E-state index contributed by atoms with van der Waals surface area (Å²) in [7, 11) is 1.87. The van der Waals surface area contributed by atoms with Crippen molar-refractivity contribution in [1.82, 2.24) is 9.55 Å². The van der Waals surface area contributed by atoms with Crippen LogP contribution in [0.25, 0.3) is 11.4 Å². The second-order valence-electron chi connectivity index (χ2n) is 3.90. The summed E-state index contributed by atoms with van der Waals surface area (Å²) in [6.45, 7) is 2.92. The zero-order valence-electron chi connectivity index (χ0n) is 10.5. The van der Waals surface area contributed by atoms with Crippen LogP contribution in [0.2, 0.25) is 5.15 Å². The molecule has 5 heteroatoms. The average Bonchev–Trinajstić information content (AvgIpc) is 2.67. The highest BCUT2D eigenvalue weighted by Gasteiger charge is 2.13. The van der Waals surface area contributed by atoms with Gasteiger partial charge in [-0.1, -0.05) is 23.7 Å². The topological polar surface area (TPSA) is 53.1 Å². The minimum atomic E-state index is 0.331. The lowest BCUT2D eigenvalue weighted by molar-refractivity contribution is 0.340. The summed E-state index contributed by atoms with van der Waals surface area (Å²) in [6.07, 6.45) is 0. The predicted molar refractivity (Wildman–Crippen MR) is 72.7 cm³/mol. The molecule has 0 aliphatic rings. The van der Waals surface area contributed by atoms with Crippen LogP contribution < -0.4 is 10.5 Å². The zero-order valence-corrected chi connectivity index (χ0v) is 11.2. The van der Waals surface area contributed by atoms with Crippen molar-refractivity contribution in [3.8, 4) is 17.1 Å². The third-order valence-electron chi connectivity index (χ3n) is 2.69. The molecular weight excluding hydrogens is 250 g/mol. The molecule has 0 aliphatic carbocycles. The number of benzene rings is 1. The Labute approximate surface area is 111 Å². The van der Waals surface area contributed by atoms with Crippen molar-refractivity contribution in [1.29, 1.82) is 0 Å². The van der Waals surface area contributed by atoms with Gasteiger partial charge in [0.2, 0.25) is 0 Å². The number of nitrogens with zero attached hydrogens (tertiary/aromatic N) is 2. The molecule has 0 fully saturated rings. The summed E-state index contributed by atoms with van der Waals surface area (Å²) in [5.74, 6) is 1.62. The first-order valence-corrected chi connectivity index (χ1v) is 6.19. The van der Waals surface area contributed by atoms with E-state index in [0.29, 0.717) is 24.0 Å². The fraction of sp³-hybridized carbons (Fsp3) is 0.308. The first kappa shape index (κ1) is 12.9. The number of aromatic nitrogens is 2. The Hall–Kier alpha value is -1.52. The molecule has 0 aliphatic heterocycles. The number of rotatable bonds is 4.